The molecule has 2 aromatic rings. The van der Waals surface area contributed by atoms with Crippen LogP contribution in [0.15, 0.2) is 41.5 Å². The number of nitrogens with one attached hydrogen (secondary N) is 3. The molecule has 0 unspecified atom stereocenters. The van der Waals surface area contributed by atoms with Crippen molar-refractivity contribution in [2.75, 3.05) is 27.2 Å². The van der Waals surface area contributed by atoms with Gasteiger partial charge in [-0.3, -0.25) is 5.43 Å². The van der Waals surface area contributed by atoms with Crippen molar-refractivity contribution in [3.8, 4) is 0 Å². The summed E-state index contributed by atoms with van der Waals surface area (Å²) in [5, 5.41) is 8.42. The summed E-state index contributed by atoms with van der Waals surface area (Å²) < 4.78 is 128. The lowest BCUT2D eigenvalue weighted by Gasteiger charge is -2.39. The van der Waals surface area contributed by atoms with E-state index in [0.29, 0.717) is 43.6 Å². The van der Waals surface area contributed by atoms with E-state index in [4.69, 9.17) is 4.74 Å². The smallest absolute Gasteiger partial charge is 0.373 e. The molecule has 0 atom stereocenters. The second kappa shape index (κ2) is 11.2. The van der Waals surface area contributed by atoms with Crippen LogP contribution in [0.1, 0.15) is 46.2 Å². The molecule has 1 saturated heterocycles. The summed E-state index contributed by atoms with van der Waals surface area (Å²) in [6.07, 6.45) is -14.0. The normalized spacial score (nSPS) is 18.1. The third-order valence-corrected chi connectivity index (χ3v) is 6.98. The lowest BCUT2D eigenvalue weighted by Crippen LogP contribution is -2.45. The van der Waals surface area contributed by atoms with Crippen molar-refractivity contribution in [2.45, 2.75) is 50.1 Å². The van der Waals surface area contributed by atoms with Crippen LogP contribution in [0.25, 0.3) is 0 Å². The van der Waals surface area contributed by atoms with Crippen LogP contribution in [0, 0.1) is 0 Å². The lowest BCUT2D eigenvalue weighted by atomic mass is 9.81. The van der Waals surface area contributed by atoms with Gasteiger partial charge in [-0.15, -0.1) is 10.2 Å². The van der Waals surface area contributed by atoms with Crippen LogP contribution in [0.2, 0.25) is 0 Å². The Morgan fingerprint density at radius 2 is 1.44 bits per heavy atom. The maximum Gasteiger partial charge on any atom is 0.416 e. The second-order valence-electron chi connectivity index (χ2n) is 9.79. The quantitative estimate of drug-likeness (QED) is 0.398. The highest BCUT2D eigenvalue weighted by molar-refractivity contribution is 5.80. The van der Waals surface area contributed by atoms with Gasteiger partial charge in [0, 0.05) is 27.2 Å². The van der Waals surface area contributed by atoms with Gasteiger partial charge < -0.3 is 15.0 Å². The average molecular weight is 599 g/mol. The number of guanidine groups is 1. The van der Waals surface area contributed by atoms with Gasteiger partial charge in [0.2, 0.25) is 5.96 Å². The fourth-order valence-electron chi connectivity index (χ4n) is 4.97. The molecule has 0 amide bonds. The van der Waals surface area contributed by atoms with Gasteiger partial charge in [0.1, 0.15) is 0 Å². The van der Waals surface area contributed by atoms with Gasteiger partial charge in [-0.05, 0) is 73.0 Å². The van der Waals surface area contributed by atoms with Gasteiger partial charge in [0.15, 0.2) is 0 Å². The van der Waals surface area contributed by atoms with Crippen molar-refractivity contribution in [3.63, 3.8) is 0 Å². The van der Waals surface area contributed by atoms with E-state index in [1.807, 2.05) is 0 Å². The fourth-order valence-corrected chi connectivity index (χ4v) is 4.97. The van der Waals surface area contributed by atoms with Crippen molar-refractivity contribution in [1.82, 2.24) is 26.3 Å². The zero-order valence-electron chi connectivity index (χ0n) is 21.9. The first-order valence-corrected chi connectivity index (χ1v) is 12.4. The molecule has 2 aromatic carbocycles. The van der Waals surface area contributed by atoms with Crippen LogP contribution in [0.4, 0.5) is 39.5 Å². The van der Waals surface area contributed by atoms with Crippen molar-refractivity contribution in [3.05, 3.63) is 69.8 Å². The van der Waals surface area contributed by atoms with Gasteiger partial charge >= 0.3 is 18.5 Å². The first kappa shape index (κ1) is 30.7. The van der Waals surface area contributed by atoms with Crippen molar-refractivity contribution >= 4 is 5.96 Å². The first-order valence-electron chi connectivity index (χ1n) is 12.4. The first-order chi connectivity index (χ1) is 19.0. The Hall–Kier alpha value is -3.24. The largest absolute Gasteiger partial charge is 0.416 e. The van der Waals surface area contributed by atoms with E-state index in [-0.39, 0.29) is 29.7 Å². The molecular weight excluding hydrogens is 571 g/mol. The molecule has 0 radical (unpaired) electrons. The van der Waals surface area contributed by atoms with Gasteiger partial charge in [-0.1, -0.05) is 6.07 Å². The highest BCUT2D eigenvalue weighted by atomic mass is 19.4. The number of hydrogen-bond acceptors (Lipinski definition) is 7. The zero-order chi connectivity index (χ0) is 30.2. The van der Waals surface area contributed by atoms with Gasteiger partial charge in [0.25, 0.3) is 0 Å². The van der Waals surface area contributed by atoms with Crippen LogP contribution in [-0.4, -0.2) is 43.2 Å². The molecule has 16 heteroatoms. The number of hydrazone groups is 1. The molecule has 0 aliphatic carbocycles. The molecule has 2 heterocycles. The summed E-state index contributed by atoms with van der Waals surface area (Å²) in [5.41, 5.74) is 0.506. The molecule has 41 heavy (non-hydrogen) atoms. The third kappa shape index (κ3) is 6.98. The molecule has 0 saturated carbocycles. The number of halogens is 9. The number of rotatable bonds is 6. The summed E-state index contributed by atoms with van der Waals surface area (Å²) >= 11 is 0. The zero-order valence-corrected chi connectivity index (χ0v) is 21.9. The van der Waals surface area contributed by atoms with E-state index in [1.165, 1.54) is 30.2 Å². The predicted octanol–water partition coefficient (Wildman–Crippen LogP) is 5.20. The minimum Gasteiger partial charge on any atom is -0.373 e. The summed E-state index contributed by atoms with van der Waals surface area (Å²) in [5.74, 6) is -0.0291. The van der Waals surface area contributed by atoms with Crippen LogP contribution in [-0.2, 0) is 42.0 Å². The number of hydrogen-bond donors (Lipinski definition) is 3. The van der Waals surface area contributed by atoms with E-state index < -0.39 is 47.4 Å². The summed E-state index contributed by atoms with van der Waals surface area (Å²) in [6.45, 7) is 0.138. The average Bonchev–Trinajstić information content (AvgIpc) is 3.33. The number of methoxy groups -OCH3 is 1. The molecule has 0 aromatic heterocycles. The Morgan fingerprint density at radius 3 is 1.93 bits per heavy atom. The molecule has 4 rings (SSSR count). The standard InChI is InChI=1S/C25H27F9N6O/c1-39-37-21(36-38-39)40(13-15-9-18(24(29,30)31)12-19(10-15)25(32,33)34)14-16-11-17(23(26,27)28)3-4-20(16)22(41-2)5-7-35-8-6-22/h3-4,9-12,35,38H,5-8,13-14H2,1-2H3,(H,36,37). The monoisotopic (exact) mass is 598 g/mol. The molecule has 1 fully saturated rings. The van der Waals surface area contributed by atoms with Crippen LogP contribution < -0.4 is 16.3 Å². The Morgan fingerprint density at radius 1 is 0.854 bits per heavy atom. The molecule has 0 spiro atoms. The van der Waals surface area contributed by atoms with Gasteiger partial charge in [0.05, 0.1) is 22.3 Å². The van der Waals surface area contributed by atoms with Gasteiger partial charge in [-0.2, -0.15) is 39.5 Å². The Balaban J connectivity index is 1.81. The fraction of sp³-hybridized carbons (Fsp3) is 0.480. The molecular formula is C25H27F9N6O. The number of benzene rings is 2. The van der Waals surface area contributed by atoms with Crippen molar-refractivity contribution in [1.29, 1.82) is 0 Å². The molecule has 7 nitrogen and oxygen atoms in total. The van der Waals surface area contributed by atoms with E-state index >= 15 is 0 Å². The van der Waals surface area contributed by atoms with Gasteiger partial charge in [-0.25, -0.2) is 5.53 Å². The number of hydrazine groups is 2. The maximum atomic E-state index is 13.7. The number of nitrogens with zero attached hydrogens (tertiary/aromatic N) is 3. The van der Waals surface area contributed by atoms with E-state index in [1.54, 1.807) is 0 Å². The predicted molar refractivity (Wildman–Crippen MR) is 129 cm³/mol. The van der Waals surface area contributed by atoms with Crippen molar-refractivity contribution in [2.24, 2.45) is 5.10 Å². The highest BCUT2D eigenvalue weighted by Gasteiger charge is 2.40. The van der Waals surface area contributed by atoms with Crippen LogP contribution >= 0.6 is 0 Å². The van der Waals surface area contributed by atoms with E-state index in [2.05, 4.69) is 21.4 Å². The highest BCUT2D eigenvalue weighted by Crippen LogP contribution is 2.40. The Labute approximate surface area is 229 Å². The molecule has 226 valence electrons. The summed E-state index contributed by atoms with van der Waals surface area (Å²) in [7, 11) is 2.93. The maximum absolute atomic E-state index is 13.7. The second-order valence-corrected chi connectivity index (χ2v) is 9.79. The summed E-state index contributed by atoms with van der Waals surface area (Å²) in [6, 6.07) is 4.32. The van der Waals surface area contributed by atoms with Crippen molar-refractivity contribution < 1.29 is 44.3 Å². The SMILES string of the molecule is COC1(c2ccc(C(F)(F)F)cc2CN(Cc2cc(C(F)(F)F)cc(C(F)(F)F)c2)C2=NNN(C)N2)CCNCC1. The van der Waals surface area contributed by atoms with E-state index in [0.717, 1.165) is 12.1 Å². The molecule has 0 bridgehead atoms. The molecule has 3 N–H and O–H groups in total. The molecule has 2 aliphatic heterocycles. The number of ether oxygens (including phenoxy) is 1. The Kier molecular flexibility index (Phi) is 8.40. The topological polar surface area (TPSA) is 64.2 Å². The molecule has 2 aliphatic rings. The number of alkyl halides is 9. The minimum absolute atomic E-state index is 0.0128. The van der Waals surface area contributed by atoms with E-state index in [9.17, 15) is 39.5 Å². The van der Waals surface area contributed by atoms with Crippen LogP contribution in [0.5, 0.6) is 0 Å². The Bertz CT molecular complexity index is 1240. The lowest BCUT2D eigenvalue weighted by molar-refractivity contribution is -0.143. The minimum atomic E-state index is -5.07. The van der Waals surface area contributed by atoms with Crippen LogP contribution in [0.3, 0.4) is 0 Å². The number of piperidine rings is 1. The third-order valence-electron chi connectivity index (χ3n) is 6.98. The summed E-state index contributed by atoms with van der Waals surface area (Å²) in [4.78, 5) is 1.26.